The summed E-state index contributed by atoms with van der Waals surface area (Å²) >= 11 is 0. The van der Waals surface area contributed by atoms with Crippen LogP contribution in [0.4, 0.5) is 0 Å². The Kier molecular flexibility index (Phi) is 3.21. The van der Waals surface area contributed by atoms with Gasteiger partial charge in [-0.3, -0.25) is 0 Å². The molecule has 4 heteroatoms. The lowest BCUT2D eigenvalue weighted by molar-refractivity contribution is 0.408. The van der Waals surface area contributed by atoms with Crippen LogP contribution >= 0.6 is 0 Å². The Hall–Kier alpha value is -0.870. The van der Waals surface area contributed by atoms with Crippen LogP contribution in [0.15, 0.2) is 29.2 Å². The summed E-state index contributed by atoms with van der Waals surface area (Å²) in [5.74, 6) is 0. The smallest absolute Gasteiger partial charge is 0.225 e. The average Bonchev–Trinajstić information content (AvgIpc) is 1.99. The largest absolute Gasteiger partial charge is 0.238 e. The Balaban J connectivity index is 3.20. The molecule has 0 aliphatic carbocycles. The minimum atomic E-state index is -3.61. The highest BCUT2D eigenvalue weighted by molar-refractivity contribution is 7.89. The molecule has 15 heavy (non-hydrogen) atoms. The van der Waals surface area contributed by atoms with Crippen molar-refractivity contribution in [2.24, 2.45) is 10.6 Å². The van der Waals surface area contributed by atoms with E-state index in [1.807, 2.05) is 12.1 Å². The van der Waals surface area contributed by atoms with E-state index in [-0.39, 0.29) is 10.3 Å². The second-order valence-corrected chi connectivity index (χ2v) is 6.42. The Labute approximate surface area is 91.4 Å². The molecule has 1 aromatic carbocycles. The van der Waals surface area contributed by atoms with E-state index >= 15 is 0 Å². The summed E-state index contributed by atoms with van der Waals surface area (Å²) in [6.45, 7) is 6.19. The van der Waals surface area contributed by atoms with Gasteiger partial charge in [-0.2, -0.15) is 0 Å². The molecule has 2 N–H and O–H groups in total. The van der Waals surface area contributed by atoms with E-state index in [2.05, 4.69) is 20.8 Å². The Morgan fingerprint density at radius 1 is 1.20 bits per heavy atom. The maximum absolute atomic E-state index is 11.3. The number of nitrogens with two attached hydrogens (primary N) is 1. The van der Waals surface area contributed by atoms with Gasteiger partial charge >= 0.3 is 0 Å². The fraction of sp³-hybridized carbons (Fsp3) is 0.455. The number of hydrogen-bond donors (Lipinski definition) is 1. The van der Waals surface area contributed by atoms with Crippen molar-refractivity contribution in [2.75, 3.05) is 0 Å². The first-order chi connectivity index (χ1) is 6.70. The Bertz CT molecular complexity index is 444. The van der Waals surface area contributed by atoms with Crippen molar-refractivity contribution in [1.82, 2.24) is 0 Å². The van der Waals surface area contributed by atoms with E-state index in [9.17, 15) is 8.42 Å². The second kappa shape index (κ2) is 3.94. The molecular weight excluding hydrogens is 210 g/mol. The third-order valence-electron chi connectivity index (χ3n) is 2.00. The maximum Gasteiger partial charge on any atom is 0.238 e. The van der Waals surface area contributed by atoms with Crippen molar-refractivity contribution in [3.8, 4) is 0 Å². The Morgan fingerprint density at radius 3 is 2.20 bits per heavy atom. The standard InChI is InChI=1S/C11H17NO2S/c1-11(2,3)8-9-6-4-5-7-10(9)15(12,13)14/h4-7H,8H2,1-3H3,(H2,12,13,14). The summed E-state index contributed by atoms with van der Waals surface area (Å²) < 4.78 is 22.6. The van der Waals surface area contributed by atoms with E-state index in [1.165, 1.54) is 0 Å². The molecule has 0 aromatic heterocycles. The highest BCUT2D eigenvalue weighted by atomic mass is 32.2. The van der Waals surface area contributed by atoms with Crippen LogP contribution in [0.1, 0.15) is 26.3 Å². The average molecular weight is 227 g/mol. The molecule has 1 rings (SSSR count). The number of hydrogen-bond acceptors (Lipinski definition) is 2. The number of primary sulfonamides is 1. The third-order valence-corrected chi connectivity index (χ3v) is 3.01. The van der Waals surface area contributed by atoms with Gasteiger partial charge in [-0.15, -0.1) is 0 Å². The molecule has 0 radical (unpaired) electrons. The van der Waals surface area contributed by atoms with Gasteiger partial charge in [0.15, 0.2) is 0 Å². The minimum absolute atomic E-state index is 0.0425. The van der Waals surface area contributed by atoms with Crippen molar-refractivity contribution in [1.29, 1.82) is 0 Å². The molecule has 0 heterocycles. The fourth-order valence-corrected chi connectivity index (χ4v) is 2.27. The topological polar surface area (TPSA) is 60.2 Å². The normalized spacial score (nSPS) is 12.8. The number of rotatable bonds is 2. The molecule has 0 unspecified atom stereocenters. The van der Waals surface area contributed by atoms with Crippen LogP contribution in [0.25, 0.3) is 0 Å². The molecule has 0 amide bonds. The molecule has 0 fully saturated rings. The van der Waals surface area contributed by atoms with Gasteiger partial charge in [-0.25, -0.2) is 13.6 Å². The van der Waals surface area contributed by atoms with Crippen LogP contribution in [0, 0.1) is 5.41 Å². The van der Waals surface area contributed by atoms with E-state index in [4.69, 9.17) is 5.14 Å². The van der Waals surface area contributed by atoms with Crippen LogP contribution in [-0.4, -0.2) is 8.42 Å². The van der Waals surface area contributed by atoms with Crippen LogP contribution in [0.3, 0.4) is 0 Å². The molecular formula is C11H17NO2S. The highest BCUT2D eigenvalue weighted by Gasteiger charge is 2.18. The zero-order valence-corrected chi connectivity index (χ0v) is 10.1. The third kappa shape index (κ3) is 3.64. The molecule has 84 valence electrons. The van der Waals surface area contributed by atoms with Crippen LogP contribution in [0.5, 0.6) is 0 Å². The lowest BCUT2D eigenvalue weighted by Crippen LogP contribution is -2.17. The molecule has 0 bridgehead atoms. The summed E-state index contributed by atoms with van der Waals surface area (Å²) in [7, 11) is -3.61. The molecule has 0 saturated carbocycles. The van der Waals surface area contributed by atoms with Gasteiger partial charge in [0.05, 0.1) is 4.90 Å². The van der Waals surface area contributed by atoms with Crippen LogP contribution in [-0.2, 0) is 16.4 Å². The Morgan fingerprint density at radius 2 is 1.73 bits per heavy atom. The molecule has 0 aliphatic rings. The van der Waals surface area contributed by atoms with Gasteiger partial charge < -0.3 is 0 Å². The predicted molar refractivity (Wildman–Crippen MR) is 61.0 cm³/mol. The number of sulfonamides is 1. The van der Waals surface area contributed by atoms with E-state index in [0.717, 1.165) is 5.56 Å². The lowest BCUT2D eigenvalue weighted by atomic mass is 9.88. The summed E-state index contributed by atoms with van der Waals surface area (Å²) in [6.07, 6.45) is 0.694. The first kappa shape index (κ1) is 12.2. The zero-order valence-electron chi connectivity index (χ0n) is 9.32. The summed E-state index contributed by atoms with van der Waals surface area (Å²) in [4.78, 5) is 0.236. The van der Waals surface area contributed by atoms with Gasteiger partial charge in [0, 0.05) is 0 Å². The quantitative estimate of drug-likeness (QED) is 0.839. The van der Waals surface area contributed by atoms with Crippen LogP contribution < -0.4 is 5.14 Å². The van der Waals surface area contributed by atoms with Crippen molar-refractivity contribution >= 4 is 10.0 Å². The number of benzene rings is 1. The van der Waals surface area contributed by atoms with Gasteiger partial charge in [0.2, 0.25) is 10.0 Å². The maximum atomic E-state index is 11.3. The monoisotopic (exact) mass is 227 g/mol. The molecule has 1 aromatic rings. The second-order valence-electron chi connectivity index (χ2n) is 4.89. The first-order valence-corrected chi connectivity index (χ1v) is 6.35. The van der Waals surface area contributed by atoms with Crippen molar-refractivity contribution in [3.05, 3.63) is 29.8 Å². The first-order valence-electron chi connectivity index (χ1n) is 4.81. The summed E-state index contributed by atoms with van der Waals surface area (Å²) in [6, 6.07) is 6.88. The molecule has 0 saturated heterocycles. The predicted octanol–water partition coefficient (Wildman–Crippen LogP) is 1.92. The lowest BCUT2D eigenvalue weighted by Gasteiger charge is -2.19. The van der Waals surface area contributed by atoms with Crippen molar-refractivity contribution in [2.45, 2.75) is 32.1 Å². The summed E-state index contributed by atoms with van der Waals surface area (Å²) in [5.41, 5.74) is 0.827. The minimum Gasteiger partial charge on any atom is -0.225 e. The van der Waals surface area contributed by atoms with Crippen LogP contribution in [0.2, 0.25) is 0 Å². The fourth-order valence-electron chi connectivity index (χ4n) is 1.50. The van der Waals surface area contributed by atoms with E-state index < -0.39 is 10.0 Å². The van der Waals surface area contributed by atoms with Gasteiger partial charge in [-0.05, 0) is 23.5 Å². The van der Waals surface area contributed by atoms with E-state index in [1.54, 1.807) is 12.1 Å². The van der Waals surface area contributed by atoms with E-state index in [0.29, 0.717) is 6.42 Å². The van der Waals surface area contributed by atoms with Gasteiger partial charge in [0.1, 0.15) is 0 Å². The molecule has 0 spiro atoms. The highest BCUT2D eigenvalue weighted by Crippen LogP contribution is 2.24. The molecule has 0 atom stereocenters. The molecule has 3 nitrogen and oxygen atoms in total. The molecule has 0 aliphatic heterocycles. The van der Waals surface area contributed by atoms with Crippen molar-refractivity contribution < 1.29 is 8.42 Å². The summed E-state index contributed by atoms with van der Waals surface area (Å²) in [5, 5.41) is 5.15. The van der Waals surface area contributed by atoms with Crippen molar-refractivity contribution in [3.63, 3.8) is 0 Å². The zero-order chi connectivity index (χ0) is 11.7. The SMILES string of the molecule is CC(C)(C)Cc1ccccc1S(N)(=O)=O. The van der Waals surface area contributed by atoms with Gasteiger partial charge in [0.25, 0.3) is 0 Å². The van der Waals surface area contributed by atoms with Gasteiger partial charge in [-0.1, -0.05) is 39.0 Å².